The number of imidazole rings is 1. The molecular formula is C16H18ClN5O5S2. The van der Waals surface area contributed by atoms with E-state index in [1.807, 2.05) is 0 Å². The summed E-state index contributed by atoms with van der Waals surface area (Å²) in [7, 11) is 1.69. The summed E-state index contributed by atoms with van der Waals surface area (Å²) in [5.41, 5.74) is 0.845. The number of nitrogens with zero attached hydrogens (tertiary/aromatic N) is 4. The third-order valence-electron chi connectivity index (χ3n) is 3.18. The van der Waals surface area contributed by atoms with E-state index in [1.54, 1.807) is 7.05 Å². The molecule has 2 aromatic heterocycles. The van der Waals surface area contributed by atoms with E-state index in [9.17, 15) is 0 Å². The number of thiocarbonyl (C=S) groups is 2. The van der Waals surface area contributed by atoms with Gasteiger partial charge in [0, 0.05) is 37.9 Å². The Kier molecular flexibility index (Phi) is 8.99. The smallest absolute Gasteiger partial charge is 0.360 e. The lowest BCUT2D eigenvalue weighted by molar-refractivity contribution is -0.148. The van der Waals surface area contributed by atoms with Gasteiger partial charge < -0.3 is 29.0 Å². The minimum absolute atomic E-state index is 0.0244. The molecule has 0 saturated carbocycles. The Balaban J connectivity index is 2.14. The lowest BCUT2D eigenvalue weighted by Crippen LogP contribution is -2.21. The zero-order valence-corrected chi connectivity index (χ0v) is 17.8. The lowest BCUT2D eigenvalue weighted by atomic mass is 10.5. The van der Waals surface area contributed by atoms with Crippen molar-refractivity contribution in [1.29, 1.82) is 0 Å². The Morgan fingerprint density at radius 2 is 1.97 bits per heavy atom. The van der Waals surface area contributed by atoms with Gasteiger partial charge in [0.15, 0.2) is 17.0 Å². The normalized spacial score (nSPS) is 11.4. The first-order chi connectivity index (χ1) is 14.0. The Morgan fingerprint density at radius 1 is 1.24 bits per heavy atom. The minimum Gasteiger partial charge on any atom is -0.457 e. The van der Waals surface area contributed by atoms with Gasteiger partial charge in [-0.15, -0.1) is 0 Å². The molecule has 0 fully saturated rings. The molecule has 156 valence electrons. The van der Waals surface area contributed by atoms with Gasteiger partial charge in [-0.1, -0.05) is 13.2 Å². The van der Waals surface area contributed by atoms with Crippen LogP contribution in [0, 0.1) is 0 Å². The number of fused-ring (bicyclic) bond motifs is 1. The summed E-state index contributed by atoms with van der Waals surface area (Å²) in [5.74, 6) is 0.451. The Labute approximate surface area is 182 Å². The number of hydrogen-bond acceptors (Lipinski definition) is 11. The molecule has 29 heavy (non-hydrogen) atoms. The maximum atomic E-state index is 6.00. The van der Waals surface area contributed by atoms with Crippen LogP contribution >= 0.6 is 36.0 Å². The fourth-order valence-corrected chi connectivity index (χ4v) is 2.53. The molecule has 13 heteroatoms. The van der Waals surface area contributed by atoms with Gasteiger partial charge in [-0.05, 0) is 11.6 Å². The van der Waals surface area contributed by atoms with E-state index in [4.69, 9.17) is 59.7 Å². The number of anilines is 1. The van der Waals surface area contributed by atoms with Gasteiger partial charge in [0.2, 0.25) is 5.28 Å². The maximum absolute atomic E-state index is 6.00. The quantitative estimate of drug-likeness (QED) is 0.186. The Morgan fingerprint density at radius 3 is 2.66 bits per heavy atom. The second-order valence-electron chi connectivity index (χ2n) is 4.98. The van der Waals surface area contributed by atoms with Crippen molar-refractivity contribution >= 4 is 63.5 Å². The fraction of sp³-hybridized carbons (Fsp3) is 0.312. The van der Waals surface area contributed by atoms with Crippen molar-refractivity contribution in [3.05, 3.63) is 37.3 Å². The topological polar surface area (TPSA) is 102 Å². The molecule has 0 aliphatic carbocycles. The van der Waals surface area contributed by atoms with Crippen LogP contribution in [0.15, 0.2) is 32.0 Å². The van der Waals surface area contributed by atoms with E-state index < -0.39 is 6.41 Å². The van der Waals surface area contributed by atoms with Crippen LogP contribution < -0.4 is 5.32 Å². The van der Waals surface area contributed by atoms with Crippen LogP contribution in [0.2, 0.25) is 5.28 Å². The van der Waals surface area contributed by atoms with Crippen LogP contribution in [0.5, 0.6) is 0 Å². The molecule has 2 rings (SSSR count). The lowest BCUT2D eigenvalue weighted by Gasteiger charge is -2.20. The number of aromatic nitrogens is 4. The predicted molar refractivity (Wildman–Crippen MR) is 114 cm³/mol. The minimum atomic E-state index is -1.04. The number of hydrogen-bond donors (Lipinski definition) is 1. The molecule has 2 heterocycles. The fourth-order valence-electron chi connectivity index (χ4n) is 2.07. The molecular weight excluding hydrogens is 442 g/mol. The molecule has 10 nitrogen and oxygen atoms in total. The van der Waals surface area contributed by atoms with Crippen molar-refractivity contribution in [2.45, 2.75) is 12.8 Å². The Hall–Kier alpha value is -2.54. The zero-order valence-electron chi connectivity index (χ0n) is 15.4. The van der Waals surface area contributed by atoms with Gasteiger partial charge in [0.05, 0.1) is 25.7 Å². The van der Waals surface area contributed by atoms with E-state index >= 15 is 0 Å². The molecule has 0 saturated heterocycles. The largest absolute Gasteiger partial charge is 0.457 e. The third kappa shape index (κ3) is 6.49. The van der Waals surface area contributed by atoms with E-state index in [0.717, 1.165) is 6.26 Å². The van der Waals surface area contributed by atoms with Gasteiger partial charge in [-0.3, -0.25) is 4.57 Å². The summed E-state index contributed by atoms with van der Waals surface area (Å²) in [6.07, 6.45) is 3.21. The highest BCUT2D eigenvalue weighted by atomic mass is 35.5. The third-order valence-corrected chi connectivity index (χ3v) is 3.76. The second-order valence-corrected chi connectivity index (χ2v) is 5.99. The van der Waals surface area contributed by atoms with Crippen molar-refractivity contribution < 1.29 is 23.7 Å². The average molecular weight is 460 g/mol. The molecule has 0 aliphatic heterocycles. The van der Waals surface area contributed by atoms with E-state index in [0.29, 0.717) is 23.4 Å². The molecule has 0 radical (unpaired) electrons. The van der Waals surface area contributed by atoms with Crippen molar-refractivity contribution in [1.82, 2.24) is 19.5 Å². The first-order valence-electron chi connectivity index (χ1n) is 8.12. The number of nitrogens with one attached hydrogen (secondary N) is 1. The van der Waals surface area contributed by atoms with Crippen LogP contribution in [0.3, 0.4) is 0 Å². The first kappa shape index (κ1) is 22.7. The van der Waals surface area contributed by atoms with Gasteiger partial charge in [-0.25, -0.2) is 4.98 Å². The summed E-state index contributed by atoms with van der Waals surface area (Å²) in [6.45, 7) is 7.29. The standard InChI is InChI=1S/C16H18ClN5O5S2/c1-4-23-15(28)26-8-6-7-25-14(27-16(29)24-5-2)22-9-19-10-11(18-3)20-13(17)21-12(10)22/h4-5,9,14H,1-2,6-8H2,3H3,(H,18,20,21). The molecule has 2 aromatic rings. The van der Waals surface area contributed by atoms with Crippen LogP contribution in [0.4, 0.5) is 5.82 Å². The average Bonchev–Trinajstić information content (AvgIpc) is 3.10. The molecule has 0 amide bonds. The number of halogens is 1. The van der Waals surface area contributed by atoms with Gasteiger partial charge in [-0.2, -0.15) is 9.97 Å². The van der Waals surface area contributed by atoms with Crippen molar-refractivity contribution in [2.75, 3.05) is 25.6 Å². The molecule has 0 aromatic carbocycles. The van der Waals surface area contributed by atoms with Crippen molar-refractivity contribution in [3.8, 4) is 0 Å². The molecule has 1 N–H and O–H groups in total. The molecule has 0 bridgehead atoms. The van der Waals surface area contributed by atoms with Crippen LogP contribution in [0.1, 0.15) is 12.8 Å². The maximum Gasteiger partial charge on any atom is 0.360 e. The van der Waals surface area contributed by atoms with Crippen LogP contribution in [0.25, 0.3) is 11.2 Å². The molecule has 1 unspecified atom stereocenters. The monoisotopic (exact) mass is 459 g/mol. The highest BCUT2D eigenvalue weighted by Crippen LogP contribution is 2.24. The molecule has 0 aliphatic rings. The molecule has 0 spiro atoms. The van der Waals surface area contributed by atoms with Crippen LogP contribution in [-0.4, -0.2) is 50.3 Å². The van der Waals surface area contributed by atoms with Crippen LogP contribution in [-0.2, 0) is 23.7 Å². The first-order valence-corrected chi connectivity index (χ1v) is 9.31. The summed E-state index contributed by atoms with van der Waals surface area (Å²) in [5, 5.41) is 2.70. The predicted octanol–water partition coefficient (Wildman–Crippen LogP) is 3.31. The van der Waals surface area contributed by atoms with Gasteiger partial charge in [0.1, 0.15) is 6.33 Å². The van der Waals surface area contributed by atoms with E-state index in [2.05, 4.69) is 33.4 Å². The Bertz CT molecular complexity index is 894. The summed E-state index contributed by atoms with van der Waals surface area (Å²) < 4.78 is 27.7. The second kappa shape index (κ2) is 11.5. The summed E-state index contributed by atoms with van der Waals surface area (Å²) in [6, 6.07) is 0. The van der Waals surface area contributed by atoms with Crippen molar-refractivity contribution in [2.24, 2.45) is 0 Å². The summed E-state index contributed by atoms with van der Waals surface area (Å²) in [4.78, 5) is 12.5. The SMILES string of the molecule is C=COC(=S)OCCCOC(OC(=S)OC=C)n1cnc2c(NC)nc(Cl)nc21. The van der Waals surface area contributed by atoms with Gasteiger partial charge in [0.25, 0.3) is 6.41 Å². The van der Waals surface area contributed by atoms with E-state index in [-0.39, 0.29) is 29.0 Å². The summed E-state index contributed by atoms with van der Waals surface area (Å²) >= 11 is 15.8. The zero-order chi connectivity index (χ0) is 21.2. The highest BCUT2D eigenvalue weighted by molar-refractivity contribution is 7.79. The van der Waals surface area contributed by atoms with Gasteiger partial charge >= 0.3 is 10.5 Å². The highest BCUT2D eigenvalue weighted by Gasteiger charge is 2.21. The number of rotatable bonds is 10. The van der Waals surface area contributed by atoms with E-state index in [1.165, 1.54) is 17.2 Å². The molecule has 1 atom stereocenters. The number of ether oxygens (including phenoxy) is 5. The van der Waals surface area contributed by atoms with Crippen molar-refractivity contribution in [3.63, 3.8) is 0 Å².